The molecular formula is C27H31NO4. The highest BCUT2D eigenvalue weighted by Crippen LogP contribution is 2.50. The van der Waals surface area contributed by atoms with Gasteiger partial charge < -0.3 is 9.47 Å². The lowest BCUT2D eigenvalue weighted by molar-refractivity contribution is -0.121. The second-order valence-electron chi connectivity index (χ2n) is 9.35. The third kappa shape index (κ3) is 3.70. The molecule has 1 atom stereocenters. The van der Waals surface area contributed by atoms with Gasteiger partial charge in [-0.3, -0.25) is 14.5 Å². The molecule has 0 saturated heterocycles. The van der Waals surface area contributed by atoms with Crippen molar-refractivity contribution < 1.29 is 19.1 Å². The number of aryl methyl sites for hydroxylation is 1. The van der Waals surface area contributed by atoms with Crippen LogP contribution in [-0.2, 0) is 16.0 Å². The maximum atomic E-state index is 13.7. The number of anilines is 1. The Hall–Kier alpha value is -3.08. The van der Waals surface area contributed by atoms with Crippen LogP contribution in [0.15, 0.2) is 53.7 Å². The Balaban J connectivity index is 1.96. The third-order valence-corrected chi connectivity index (χ3v) is 6.57. The van der Waals surface area contributed by atoms with Gasteiger partial charge in [-0.05, 0) is 36.0 Å². The second kappa shape index (κ2) is 8.45. The first-order chi connectivity index (χ1) is 15.3. The number of methoxy groups -OCH3 is 2. The van der Waals surface area contributed by atoms with Crippen molar-refractivity contribution in [3.8, 4) is 11.5 Å². The number of carbonyl (C=O) groups is 2. The van der Waals surface area contributed by atoms with Crippen molar-refractivity contribution >= 4 is 17.4 Å². The van der Waals surface area contributed by atoms with Crippen LogP contribution >= 0.6 is 0 Å². The van der Waals surface area contributed by atoms with Crippen molar-refractivity contribution in [3.63, 3.8) is 0 Å². The van der Waals surface area contributed by atoms with E-state index in [2.05, 4.69) is 26.8 Å². The Morgan fingerprint density at radius 1 is 1.00 bits per heavy atom. The van der Waals surface area contributed by atoms with E-state index in [-0.39, 0.29) is 29.4 Å². The molecule has 2 aliphatic rings. The molecule has 0 saturated carbocycles. The second-order valence-corrected chi connectivity index (χ2v) is 9.35. The lowest BCUT2D eigenvalue weighted by atomic mass is 9.69. The zero-order chi connectivity index (χ0) is 23.0. The lowest BCUT2D eigenvalue weighted by Gasteiger charge is -2.43. The number of para-hydroxylation sites is 2. The maximum absolute atomic E-state index is 13.7. The first-order valence-electron chi connectivity index (χ1n) is 11.2. The molecule has 0 fully saturated rings. The summed E-state index contributed by atoms with van der Waals surface area (Å²) >= 11 is 0. The summed E-state index contributed by atoms with van der Waals surface area (Å²) in [6.07, 6.45) is 2.16. The van der Waals surface area contributed by atoms with Gasteiger partial charge in [0.15, 0.2) is 17.3 Å². The molecule has 168 valence electrons. The van der Waals surface area contributed by atoms with Gasteiger partial charge in [0, 0.05) is 35.6 Å². The summed E-state index contributed by atoms with van der Waals surface area (Å²) in [7, 11) is 3.19. The molecule has 0 radical (unpaired) electrons. The maximum Gasteiger partial charge on any atom is 0.232 e. The van der Waals surface area contributed by atoms with Gasteiger partial charge in [-0.15, -0.1) is 0 Å². The third-order valence-electron chi connectivity index (χ3n) is 6.57. The normalized spacial score (nSPS) is 20.3. The van der Waals surface area contributed by atoms with E-state index in [4.69, 9.17) is 9.47 Å². The van der Waals surface area contributed by atoms with Crippen LogP contribution in [0, 0.1) is 5.41 Å². The van der Waals surface area contributed by atoms with Gasteiger partial charge in [0.2, 0.25) is 5.91 Å². The van der Waals surface area contributed by atoms with Crippen LogP contribution in [0.2, 0.25) is 0 Å². The van der Waals surface area contributed by atoms with E-state index in [0.717, 1.165) is 34.5 Å². The van der Waals surface area contributed by atoms with Crippen LogP contribution in [0.4, 0.5) is 5.69 Å². The standard InChI is InChI=1S/C27H31NO4/c1-6-17-10-7-8-12-20(17)28-21-15-27(2,3)16-22(29)25(21)19(14-24(28)30)18-11-9-13-23(31-4)26(18)32-5/h7-13,19H,6,14-16H2,1-5H3. The van der Waals surface area contributed by atoms with Crippen LogP contribution < -0.4 is 14.4 Å². The molecule has 0 aromatic heterocycles. The van der Waals surface area contributed by atoms with Gasteiger partial charge in [0.05, 0.1) is 19.9 Å². The number of nitrogens with zero attached hydrogens (tertiary/aromatic N) is 1. The first-order valence-corrected chi connectivity index (χ1v) is 11.2. The van der Waals surface area contributed by atoms with Gasteiger partial charge in [-0.2, -0.15) is 0 Å². The SMILES string of the molecule is CCc1ccccc1N1C(=O)CC(c2cccc(OC)c2OC)C2=C1CC(C)(C)CC2=O. The van der Waals surface area contributed by atoms with Crippen LogP contribution in [0.3, 0.4) is 0 Å². The number of allylic oxidation sites excluding steroid dienone is 2. The fourth-order valence-corrected chi connectivity index (χ4v) is 5.17. The number of hydrogen-bond donors (Lipinski definition) is 0. The minimum atomic E-state index is -0.351. The highest BCUT2D eigenvalue weighted by Gasteiger charge is 2.45. The molecule has 4 rings (SSSR count). The summed E-state index contributed by atoms with van der Waals surface area (Å²) in [6, 6.07) is 13.6. The van der Waals surface area contributed by atoms with Crippen molar-refractivity contribution in [2.45, 2.75) is 52.4 Å². The van der Waals surface area contributed by atoms with Gasteiger partial charge in [0.1, 0.15) is 0 Å². The van der Waals surface area contributed by atoms with E-state index in [0.29, 0.717) is 24.3 Å². The number of hydrogen-bond acceptors (Lipinski definition) is 4. The average molecular weight is 434 g/mol. The highest BCUT2D eigenvalue weighted by molar-refractivity contribution is 6.08. The van der Waals surface area contributed by atoms with E-state index in [1.54, 1.807) is 14.2 Å². The van der Waals surface area contributed by atoms with E-state index in [1.165, 1.54) is 0 Å². The summed E-state index contributed by atoms with van der Waals surface area (Å²) in [6.45, 7) is 6.28. The summed E-state index contributed by atoms with van der Waals surface area (Å²) < 4.78 is 11.2. The molecule has 0 bridgehead atoms. The predicted octanol–water partition coefficient (Wildman–Crippen LogP) is 5.43. The molecule has 1 unspecified atom stereocenters. The molecular weight excluding hydrogens is 402 g/mol. The van der Waals surface area contributed by atoms with Crippen LogP contribution in [0.25, 0.3) is 0 Å². The van der Waals surface area contributed by atoms with Crippen LogP contribution in [0.5, 0.6) is 11.5 Å². The Kier molecular flexibility index (Phi) is 5.85. The zero-order valence-corrected chi connectivity index (χ0v) is 19.5. The van der Waals surface area contributed by atoms with Crippen molar-refractivity contribution in [1.29, 1.82) is 0 Å². The fraction of sp³-hybridized carbons (Fsp3) is 0.407. The molecule has 1 amide bonds. The van der Waals surface area contributed by atoms with Crippen LogP contribution in [-0.4, -0.2) is 25.9 Å². The molecule has 2 aromatic carbocycles. The zero-order valence-electron chi connectivity index (χ0n) is 19.5. The summed E-state index contributed by atoms with van der Waals surface area (Å²) in [4.78, 5) is 29.0. The quantitative estimate of drug-likeness (QED) is 0.631. The Labute approximate surface area is 190 Å². The van der Waals surface area contributed by atoms with Gasteiger partial charge in [-0.25, -0.2) is 0 Å². The van der Waals surface area contributed by atoms with Gasteiger partial charge in [0.25, 0.3) is 0 Å². The Morgan fingerprint density at radius 2 is 1.75 bits per heavy atom. The largest absolute Gasteiger partial charge is 0.493 e. The molecule has 2 aromatic rings. The molecule has 0 spiro atoms. The number of Topliss-reactive ketones (excluding diaryl/α,β-unsaturated/α-hetero) is 1. The molecule has 1 aliphatic carbocycles. The molecule has 5 nitrogen and oxygen atoms in total. The van der Waals surface area contributed by atoms with E-state index >= 15 is 0 Å². The van der Waals surface area contributed by atoms with Gasteiger partial charge in [-0.1, -0.05) is 51.1 Å². The molecule has 0 N–H and O–H groups in total. The number of carbonyl (C=O) groups excluding carboxylic acids is 2. The van der Waals surface area contributed by atoms with Crippen LogP contribution in [0.1, 0.15) is 57.1 Å². The lowest BCUT2D eigenvalue weighted by Crippen LogP contribution is -2.44. The van der Waals surface area contributed by atoms with E-state index < -0.39 is 0 Å². The minimum absolute atomic E-state index is 0.00465. The molecule has 1 heterocycles. The van der Waals surface area contributed by atoms with E-state index in [9.17, 15) is 9.59 Å². The van der Waals surface area contributed by atoms with Crippen molar-refractivity contribution in [2.75, 3.05) is 19.1 Å². The van der Waals surface area contributed by atoms with Crippen molar-refractivity contribution in [1.82, 2.24) is 0 Å². The number of rotatable bonds is 5. The van der Waals surface area contributed by atoms with E-state index in [1.807, 2.05) is 41.3 Å². The summed E-state index contributed by atoms with van der Waals surface area (Å²) in [5.74, 6) is 0.945. The molecule has 32 heavy (non-hydrogen) atoms. The highest BCUT2D eigenvalue weighted by atomic mass is 16.5. The number of ether oxygens (including phenoxy) is 2. The predicted molar refractivity (Wildman–Crippen MR) is 125 cm³/mol. The van der Waals surface area contributed by atoms with Gasteiger partial charge >= 0.3 is 0 Å². The first kappa shape index (κ1) is 22.1. The van der Waals surface area contributed by atoms with Crippen molar-refractivity contribution in [3.05, 3.63) is 64.9 Å². The Morgan fingerprint density at radius 3 is 2.44 bits per heavy atom. The minimum Gasteiger partial charge on any atom is -0.493 e. The number of benzene rings is 2. The van der Waals surface area contributed by atoms with Crippen molar-refractivity contribution in [2.24, 2.45) is 5.41 Å². The summed E-state index contributed by atoms with van der Waals surface area (Å²) in [5, 5.41) is 0. The number of ketones is 1. The Bertz CT molecular complexity index is 1100. The average Bonchev–Trinajstić information content (AvgIpc) is 2.77. The molecule has 5 heteroatoms. The smallest absolute Gasteiger partial charge is 0.232 e. The number of amides is 1. The topological polar surface area (TPSA) is 55.8 Å². The molecule has 1 aliphatic heterocycles. The monoisotopic (exact) mass is 433 g/mol. The summed E-state index contributed by atoms with van der Waals surface area (Å²) in [5.41, 5.74) is 4.16. The fourth-order valence-electron chi connectivity index (χ4n) is 5.17.